The zero-order chi connectivity index (χ0) is 48.8. The standard InChI is InChI=1S/C72H53N/c1-7-19-52(20-8-1)55-31-37-61(38-32-55)67-46-43-64(49-70(67)58-25-13-4-14-26-58)73(65-44-47-68(71(50-65)59-27-15-5-16-28-59)62-39-33-56(34-40-62)53-21-9-2-10-22-53)66-45-48-69(72(51-66)60-29-17-6-18-30-60)63-41-35-57(36-42-63)54-23-11-3-12-24-54/h1-29,31-51,60H,30H2. The molecule has 0 N–H and O–H groups in total. The van der Waals surface area contributed by atoms with Gasteiger partial charge < -0.3 is 4.90 Å². The molecular formula is C72H53N. The molecule has 1 heteroatoms. The Hall–Kier alpha value is -9.30. The van der Waals surface area contributed by atoms with Crippen molar-refractivity contribution in [2.75, 3.05) is 4.90 Å². The second-order valence-corrected chi connectivity index (χ2v) is 18.8. The van der Waals surface area contributed by atoms with Gasteiger partial charge in [-0.15, -0.1) is 0 Å². The Morgan fingerprint density at radius 3 is 0.918 bits per heavy atom. The third-order valence-electron chi connectivity index (χ3n) is 14.3. The van der Waals surface area contributed by atoms with Crippen molar-refractivity contribution in [2.45, 2.75) is 12.3 Å². The van der Waals surface area contributed by atoms with Gasteiger partial charge in [0.2, 0.25) is 0 Å². The third-order valence-corrected chi connectivity index (χ3v) is 14.3. The summed E-state index contributed by atoms with van der Waals surface area (Å²) in [5.41, 5.74) is 23.6. The largest absolute Gasteiger partial charge is 0.310 e. The molecule has 0 saturated carbocycles. The lowest BCUT2D eigenvalue weighted by atomic mass is 9.85. The summed E-state index contributed by atoms with van der Waals surface area (Å²) in [6, 6.07) is 102. The van der Waals surface area contributed by atoms with Crippen LogP contribution in [0.15, 0.2) is 303 Å². The SMILES string of the molecule is C1=CCC(c2cc(N(c3ccc(-c4ccc(-c5ccccc5)cc4)c(-c4ccccc4)c3)c3ccc(-c4ccc(-c5ccccc5)cc4)c(-c4ccccc4)c3)ccc2-c2ccc(-c3ccccc3)cc2)C=C1. The Kier molecular flexibility index (Phi) is 12.7. The van der Waals surface area contributed by atoms with E-state index in [2.05, 4.69) is 308 Å². The van der Waals surface area contributed by atoms with Gasteiger partial charge >= 0.3 is 0 Å². The maximum Gasteiger partial charge on any atom is 0.0468 e. The van der Waals surface area contributed by atoms with Crippen molar-refractivity contribution in [1.82, 2.24) is 0 Å². The molecule has 0 aromatic heterocycles. The van der Waals surface area contributed by atoms with E-state index in [1.165, 1.54) is 94.6 Å². The van der Waals surface area contributed by atoms with E-state index in [0.717, 1.165) is 23.5 Å². The normalized spacial score (nSPS) is 12.9. The third kappa shape index (κ3) is 9.53. The lowest BCUT2D eigenvalue weighted by Gasteiger charge is -2.30. The van der Waals surface area contributed by atoms with E-state index >= 15 is 0 Å². The van der Waals surface area contributed by atoms with Gasteiger partial charge in [0, 0.05) is 23.0 Å². The minimum absolute atomic E-state index is 0.206. The Morgan fingerprint density at radius 2 is 0.548 bits per heavy atom. The maximum atomic E-state index is 2.47. The number of hydrogen-bond acceptors (Lipinski definition) is 1. The quantitative estimate of drug-likeness (QED) is 0.118. The van der Waals surface area contributed by atoms with Crippen LogP contribution in [0.3, 0.4) is 0 Å². The Labute approximate surface area is 430 Å². The molecule has 11 aromatic carbocycles. The van der Waals surface area contributed by atoms with Gasteiger partial charge in [0.25, 0.3) is 0 Å². The summed E-state index contributed by atoms with van der Waals surface area (Å²) in [6.45, 7) is 0. The molecule has 1 atom stereocenters. The second-order valence-electron chi connectivity index (χ2n) is 18.8. The van der Waals surface area contributed by atoms with Gasteiger partial charge in [-0.2, -0.15) is 0 Å². The molecule has 1 aliphatic carbocycles. The zero-order valence-corrected chi connectivity index (χ0v) is 40.6. The van der Waals surface area contributed by atoms with Crippen LogP contribution in [-0.4, -0.2) is 0 Å². The average Bonchev–Trinajstić information content (AvgIpc) is 3.49. The molecule has 0 amide bonds. The molecule has 0 heterocycles. The summed E-state index contributed by atoms with van der Waals surface area (Å²) in [4.78, 5) is 2.47. The molecule has 1 aliphatic rings. The van der Waals surface area contributed by atoms with E-state index in [4.69, 9.17) is 0 Å². The van der Waals surface area contributed by atoms with E-state index in [-0.39, 0.29) is 5.92 Å². The molecule has 0 aliphatic heterocycles. The van der Waals surface area contributed by atoms with Crippen LogP contribution < -0.4 is 4.90 Å². The van der Waals surface area contributed by atoms with Crippen LogP contribution in [0.25, 0.3) is 89.0 Å². The van der Waals surface area contributed by atoms with Gasteiger partial charge in [0.1, 0.15) is 0 Å². The van der Waals surface area contributed by atoms with Crippen LogP contribution in [0.5, 0.6) is 0 Å². The molecule has 0 fully saturated rings. The predicted octanol–water partition coefficient (Wildman–Crippen LogP) is 20.1. The van der Waals surface area contributed by atoms with Crippen LogP contribution in [0.1, 0.15) is 17.9 Å². The van der Waals surface area contributed by atoms with E-state index in [0.29, 0.717) is 0 Å². The van der Waals surface area contributed by atoms with Gasteiger partial charge in [-0.25, -0.2) is 0 Å². The molecule has 11 aromatic rings. The number of allylic oxidation sites excluding steroid dienone is 4. The van der Waals surface area contributed by atoms with Crippen molar-refractivity contribution in [3.63, 3.8) is 0 Å². The predicted molar refractivity (Wildman–Crippen MR) is 310 cm³/mol. The van der Waals surface area contributed by atoms with Gasteiger partial charge in [-0.1, -0.05) is 267 Å². The first-order valence-electron chi connectivity index (χ1n) is 25.3. The first kappa shape index (κ1) is 44.9. The van der Waals surface area contributed by atoms with Crippen LogP contribution in [0.2, 0.25) is 0 Å². The van der Waals surface area contributed by atoms with Gasteiger partial charge in [-0.3, -0.25) is 0 Å². The fraction of sp³-hybridized carbons (Fsp3) is 0.0278. The fourth-order valence-corrected chi connectivity index (χ4v) is 10.5. The minimum Gasteiger partial charge on any atom is -0.310 e. The number of rotatable bonds is 12. The van der Waals surface area contributed by atoms with Crippen LogP contribution in [0.4, 0.5) is 17.1 Å². The molecule has 1 nitrogen and oxygen atoms in total. The van der Waals surface area contributed by atoms with Crippen molar-refractivity contribution >= 4 is 17.1 Å². The number of benzene rings is 11. The number of anilines is 3. The highest BCUT2D eigenvalue weighted by Crippen LogP contribution is 2.46. The van der Waals surface area contributed by atoms with Crippen LogP contribution >= 0.6 is 0 Å². The average molecular weight is 932 g/mol. The Balaban J connectivity index is 1.04. The van der Waals surface area contributed by atoms with Crippen LogP contribution in [0, 0.1) is 0 Å². The molecule has 0 saturated heterocycles. The summed E-state index contributed by atoms with van der Waals surface area (Å²) < 4.78 is 0. The highest BCUT2D eigenvalue weighted by Gasteiger charge is 2.23. The van der Waals surface area contributed by atoms with Gasteiger partial charge in [0.15, 0.2) is 0 Å². The summed E-state index contributed by atoms with van der Waals surface area (Å²) in [6.07, 6.45) is 9.97. The monoisotopic (exact) mass is 931 g/mol. The van der Waals surface area contributed by atoms with Gasteiger partial charge in [-0.05, 0) is 137 Å². The lowest BCUT2D eigenvalue weighted by molar-refractivity contribution is 0.855. The summed E-state index contributed by atoms with van der Waals surface area (Å²) in [7, 11) is 0. The molecular weight excluding hydrogens is 879 g/mol. The van der Waals surface area contributed by atoms with E-state index < -0.39 is 0 Å². The topological polar surface area (TPSA) is 3.24 Å². The molecule has 0 radical (unpaired) electrons. The van der Waals surface area contributed by atoms with Crippen molar-refractivity contribution < 1.29 is 0 Å². The highest BCUT2D eigenvalue weighted by molar-refractivity contribution is 5.93. The summed E-state index contributed by atoms with van der Waals surface area (Å²) >= 11 is 0. The molecule has 346 valence electrons. The zero-order valence-electron chi connectivity index (χ0n) is 40.6. The van der Waals surface area contributed by atoms with Crippen molar-refractivity contribution in [3.8, 4) is 89.0 Å². The molecule has 0 bridgehead atoms. The van der Waals surface area contributed by atoms with E-state index in [1.807, 2.05) is 0 Å². The molecule has 73 heavy (non-hydrogen) atoms. The van der Waals surface area contributed by atoms with Gasteiger partial charge in [0.05, 0.1) is 0 Å². The van der Waals surface area contributed by atoms with Crippen molar-refractivity contribution in [1.29, 1.82) is 0 Å². The van der Waals surface area contributed by atoms with E-state index in [1.54, 1.807) is 0 Å². The summed E-state index contributed by atoms with van der Waals surface area (Å²) in [5, 5.41) is 0. The minimum atomic E-state index is 0.206. The highest BCUT2D eigenvalue weighted by atomic mass is 15.1. The maximum absolute atomic E-state index is 2.47. The van der Waals surface area contributed by atoms with Crippen molar-refractivity contribution in [3.05, 3.63) is 309 Å². The smallest absolute Gasteiger partial charge is 0.0468 e. The fourth-order valence-electron chi connectivity index (χ4n) is 10.5. The molecule has 12 rings (SSSR count). The number of nitrogens with zero attached hydrogens (tertiary/aromatic N) is 1. The van der Waals surface area contributed by atoms with Crippen LogP contribution in [-0.2, 0) is 0 Å². The summed E-state index contributed by atoms with van der Waals surface area (Å²) in [5.74, 6) is 0.206. The molecule has 1 unspecified atom stereocenters. The Morgan fingerprint density at radius 1 is 0.247 bits per heavy atom. The second kappa shape index (κ2) is 20.6. The Bertz CT molecular complexity index is 3520. The molecule has 0 spiro atoms. The van der Waals surface area contributed by atoms with E-state index in [9.17, 15) is 0 Å². The first-order valence-corrected chi connectivity index (χ1v) is 25.3. The lowest BCUT2D eigenvalue weighted by Crippen LogP contribution is -2.12. The first-order chi connectivity index (χ1) is 36.2. The number of hydrogen-bond donors (Lipinski definition) is 0. The van der Waals surface area contributed by atoms with Crippen molar-refractivity contribution in [2.24, 2.45) is 0 Å².